The van der Waals surface area contributed by atoms with Gasteiger partial charge in [0.05, 0.1) is 22.4 Å². The second-order valence-corrected chi connectivity index (χ2v) is 12.7. The van der Waals surface area contributed by atoms with Crippen LogP contribution in [-0.4, -0.2) is 48.8 Å². The summed E-state index contributed by atoms with van der Waals surface area (Å²) < 4.78 is 45.2. The minimum absolute atomic E-state index is 0.196. The topological polar surface area (TPSA) is 122 Å². The van der Waals surface area contributed by atoms with Gasteiger partial charge in [-0.15, -0.1) is 10.2 Å². The molecule has 10 rings (SSSR count). The highest BCUT2D eigenvalue weighted by Crippen LogP contribution is 2.36. The molecular weight excluding hydrogens is 678 g/mol. The van der Waals surface area contributed by atoms with Crippen molar-refractivity contribution in [2.45, 2.75) is 33.4 Å². The lowest BCUT2D eigenvalue weighted by Gasteiger charge is -2.08. The highest BCUT2D eigenvalue weighted by atomic mass is 19.1. The predicted octanol–water partition coefficient (Wildman–Crippen LogP) is 8.89. The van der Waals surface area contributed by atoms with Crippen molar-refractivity contribution in [1.29, 1.82) is 0 Å². The molecule has 0 aliphatic rings. The van der Waals surface area contributed by atoms with Crippen molar-refractivity contribution in [3.05, 3.63) is 121 Å². The standard InChI is InChI=1S/C20H16FN5O.C19H14FN5O/c1-12(2)26-17-11-14(5-8-16(17)23-24-26)19-18(13-3-6-15(21)7-4-13)22-20-25(19)9-10-27-20;1-2-25-16-11-13(5-8-15(16)22-23-25)18-17(12-3-6-14(20)7-4-12)21-19-24(18)9-10-26-19/h3-12H,1-2H3;3-11H,2H2,1H3. The van der Waals surface area contributed by atoms with Crippen molar-refractivity contribution in [3.8, 4) is 45.0 Å². The first-order valence-electron chi connectivity index (χ1n) is 17.0. The molecule has 4 aromatic carbocycles. The zero-order valence-electron chi connectivity index (χ0n) is 28.7. The van der Waals surface area contributed by atoms with Crippen LogP contribution in [0, 0.1) is 11.6 Å². The van der Waals surface area contributed by atoms with Gasteiger partial charge in [-0.1, -0.05) is 22.6 Å². The number of nitrogens with zero attached hydrogens (tertiary/aromatic N) is 10. The summed E-state index contributed by atoms with van der Waals surface area (Å²) in [5, 5.41) is 16.8. The fourth-order valence-electron chi connectivity index (χ4n) is 6.55. The van der Waals surface area contributed by atoms with E-state index < -0.39 is 0 Å². The van der Waals surface area contributed by atoms with E-state index in [1.807, 2.05) is 67.8 Å². The Bertz CT molecular complexity index is 2890. The molecule has 0 atom stereocenters. The Morgan fingerprint density at radius 2 is 1.08 bits per heavy atom. The van der Waals surface area contributed by atoms with Crippen LogP contribution in [0.4, 0.5) is 8.78 Å². The van der Waals surface area contributed by atoms with Gasteiger partial charge in [0, 0.05) is 47.2 Å². The number of hydrogen-bond acceptors (Lipinski definition) is 8. The third kappa shape index (κ3) is 5.51. The fraction of sp³-hybridized carbons (Fsp3) is 0.128. The summed E-state index contributed by atoms with van der Waals surface area (Å²) in [6.45, 7) is 6.89. The second kappa shape index (κ2) is 12.7. The van der Waals surface area contributed by atoms with Crippen molar-refractivity contribution in [1.82, 2.24) is 48.8 Å². The lowest BCUT2D eigenvalue weighted by molar-refractivity contribution is 0.530. The van der Waals surface area contributed by atoms with Crippen molar-refractivity contribution in [2.24, 2.45) is 0 Å². The molecule has 6 heterocycles. The Hall–Kier alpha value is -6.96. The predicted molar refractivity (Wildman–Crippen MR) is 195 cm³/mol. The van der Waals surface area contributed by atoms with Crippen LogP contribution in [0.5, 0.6) is 0 Å². The molecule has 0 saturated heterocycles. The normalized spacial score (nSPS) is 11.7. The van der Waals surface area contributed by atoms with Crippen molar-refractivity contribution >= 4 is 33.8 Å². The third-order valence-electron chi connectivity index (χ3n) is 9.08. The van der Waals surface area contributed by atoms with Gasteiger partial charge in [-0.3, -0.25) is 8.80 Å². The van der Waals surface area contributed by atoms with E-state index in [0.717, 1.165) is 73.6 Å². The summed E-state index contributed by atoms with van der Waals surface area (Å²) in [6, 6.07) is 24.8. The fourth-order valence-corrected chi connectivity index (χ4v) is 6.55. The number of benzene rings is 4. The van der Waals surface area contributed by atoms with Crippen LogP contribution in [0.25, 0.3) is 78.8 Å². The zero-order chi connectivity index (χ0) is 36.2. The maximum Gasteiger partial charge on any atom is 0.306 e. The van der Waals surface area contributed by atoms with E-state index in [2.05, 4.69) is 50.5 Å². The number of halogens is 2. The van der Waals surface area contributed by atoms with Gasteiger partial charge >= 0.3 is 11.7 Å². The lowest BCUT2D eigenvalue weighted by Crippen LogP contribution is -2.02. The lowest BCUT2D eigenvalue weighted by atomic mass is 10.0. The molecule has 0 saturated carbocycles. The molecule has 0 N–H and O–H groups in total. The molecule has 6 aromatic heterocycles. The molecule has 262 valence electrons. The summed E-state index contributed by atoms with van der Waals surface area (Å²) in [6.07, 6.45) is 6.84. The van der Waals surface area contributed by atoms with Crippen LogP contribution in [0.1, 0.15) is 26.8 Å². The molecule has 12 nitrogen and oxygen atoms in total. The molecule has 0 fully saturated rings. The monoisotopic (exact) mass is 708 g/mol. The first-order valence-corrected chi connectivity index (χ1v) is 17.0. The Morgan fingerprint density at radius 1 is 0.604 bits per heavy atom. The van der Waals surface area contributed by atoms with Gasteiger partial charge in [0.2, 0.25) is 0 Å². The van der Waals surface area contributed by atoms with Gasteiger partial charge in [0.15, 0.2) is 0 Å². The van der Waals surface area contributed by atoms with Crippen LogP contribution in [0.2, 0.25) is 0 Å². The summed E-state index contributed by atoms with van der Waals surface area (Å²) in [4.78, 5) is 9.21. The molecule has 53 heavy (non-hydrogen) atoms. The molecule has 10 aromatic rings. The van der Waals surface area contributed by atoms with Crippen LogP contribution < -0.4 is 0 Å². The van der Waals surface area contributed by atoms with Crippen molar-refractivity contribution in [2.75, 3.05) is 0 Å². The largest absolute Gasteiger partial charge is 0.432 e. The first-order chi connectivity index (χ1) is 25.9. The van der Waals surface area contributed by atoms with Gasteiger partial charge in [-0.2, -0.15) is 9.97 Å². The van der Waals surface area contributed by atoms with Gasteiger partial charge in [-0.05, 0) is 93.6 Å². The van der Waals surface area contributed by atoms with E-state index in [1.54, 1.807) is 36.8 Å². The van der Waals surface area contributed by atoms with E-state index in [1.165, 1.54) is 24.3 Å². The number of hydrogen-bond donors (Lipinski definition) is 0. The number of oxazole rings is 2. The van der Waals surface area contributed by atoms with E-state index >= 15 is 0 Å². The number of rotatable bonds is 6. The second-order valence-electron chi connectivity index (χ2n) is 12.7. The Kier molecular flexibility index (Phi) is 7.64. The van der Waals surface area contributed by atoms with E-state index in [-0.39, 0.29) is 17.7 Å². The van der Waals surface area contributed by atoms with Gasteiger partial charge in [-0.25, -0.2) is 18.1 Å². The maximum atomic E-state index is 13.4. The van der Waals surface area contributed by atoms with Crippen LogP contribution in [0.15, 0.2) is 119 Å². The zero-order valence-corrected chi connectivity index (χ0v) is 28.7. The molecule has 0 bridgehead atoms. The summed E-state index contributed by atoms with van der Waals surface area (Å²) in [7, 11) is 0. The minimum atomic E-state index is -0.281. The summed E-state index contributed by atoms with van der Waals surface area (Å²) in [5.41, 5.74) is 10.4. The van der Waals surface area contributed by atoms with Gasteiger partial charge in [0.1, 0.15) is 46.6 Å². The van der Waals surface area contributed by atoms with Crippen LogP contribution >= 0.6 is 0 Å². The molecular formula is C39H30F2N10O2. The Morgan fingerprint density at radius 3 is 1.58 bits per heavy atom. The number of imidazole rings is 2. The number of aromatic nitrogens is 10. The molecule has 0 unspecified atom stereocenters. The average molecular weight is 709 g/mol. The molecule has 0 aliphatic heterocycles. The molecule has 14 heteroatoms. The molecule has 0 amide bonds. The first kappa shape index (κ1) is 32.0. The van der Waals surface area contributed by atoms with Crippen LogP contribution in [0.3, 0.4) is 0 Å². The third-order valence-corrected chi connectivity index (χ3v) is 9.08. The maximum absolute atomic E-state index is 13.4. The van der Waals surface area contributed by atoms with E-state index in [0.29, 0.717) is 11.7 Å². The van der Waals surface area contributed by atoms with Crippen molar-refractivity contribution in [3.63, 3.8) is 0 Å². The molecule has 0 radical (unpaired) electrons. The van der Waals surface area contributed by atoms with Crippen LogP contribution in [-0.2, 0) is 6.54 Å². The van der Waals surface area contributed by atoms with Gasteiger partial charge in [0.25, 0.3) is 0 Å². The number of fused-ring (bicyclic) bond motifs is 4. The average Bonchev–Trinajstić information content (AvgIpc) is 4.01. The van der Waals surface area contributed by atoms with Crippen molar-refractivity contribution < 1.29 is 17.6 Å². The molecule has 0 spiro atoms. The van der Waals surface area contributed by atoms with Gasteiger partial charge < -0.3 is 8.83 Å². The Balaban J connectivity index is 0.000000141. The van der Waals surface area contributed by atoms with E-state index in [9.17, 15) is 8.78 Å². The highest BCUT2D eigenvalue weighted by Gasteiger charge is 2.21. The summed E-state index contributed by atoms with van der Waals surface area (Å²) >= 11 is 0. The minimum Gasteiger partial charge on any atom is -0.432 e. The Labute approximate surface area is 299 Å². The van der Waals surface area contributed by atoms with E-state index in [4.69, 9.17) is 8.83 Å². The quantitative estimate of drug-likeness (QED) is 0.168. The smallest absolute Gasteiger partial charge is 0.306 e. The highest BCUT2D eigenvalue weighted by molar-refractivity contribution is 5.88. The molecule has 0 aliphatic carbocycles. The SMILES string of the molecule is CC(C)n1nnc2ccc(-c3c(-c4ccc(F)cc4)nc4occn34)cc21.CCn1nnc2ccc(-c3c(-c4ccc(F)cc4)nc4occn34)cc21. The summed E-state index contributed by atoms with van der Waals surface area (Å²) in [5.74, 6) is 0.413. The number of aryl methyl sites for hydroxylation is 1.